The van der Waals surface area contributed by atoms with E-state index in [1.54, 1.807) is 0 Å². The lowest BCUT2D eigenvalue weighted by Crippen LogP contribution is -2.42. The minimum absolute atomic E-state index is 0.283. The van der Waals surface area contributed by atoms with E-state index in [1.807, 2.05) is 81.4 Å². The Hall–Kier alpha value is -2.27. The molecular formula is C20H23NO3S. The summed E-state index contributed by atoms with van der Waals surface area (Å²) in [5, 5.41) is 2.26. The van der Waals surface area contributed by atoms with Crippen LogP contribution in [0.25, 0.3) is 0 Å². The zero-order valence-corrected chi connectivity index (χ0v) is 15.5. The Labute approximate surface area is 153 Å². The number of benzene rings is 2. The van der Waals surface area contributed by atoms with Crippen LogP contribution in [0.2, 0.25) is 0 Å². The smallest absolute Gasteiger partial charge is 0.324 e. The van der Waals surface area contributed by atoms with Crippen molar-refractivity contribution in [3.63, 3.8) is 0 Å². The van der Waals surface area contributed by atoms with Gasteiger partial charge in [-0.2, -0.15) is 0 Å². The van der Waals surface area contributed by atoms with Crippen molar-refractivity contribution >= 4 is 23.6 Å². The molecule has 0 aliphatic carbocycles. The van der Waals surface area contributed by atoms with Gasteiger partial charge in [-0.1, -0.05) is 48.5 Å². The van der Waals surface area contributed by atoms with Crippen LogP contribution in [0, 0.1) is 0 Å². The molecule has 1 N–H and O–H groups in total. The van der Waals surface area contributed by atoms with Gasteiger partial charge in [0.1, 0.15) is 5.25 Å². The maximum absolute atomic E-state index is 12.6. The lowest BCUT2D eigenvalue weighted by molar-refractivity contribution is -0.148. The first-order valence-corrected chi connectivity index (χ1v) is 8.97. The Morgan fingerprint density at radius 1 is 1.00 bits per heavy atom. The van der Waals surface area contributed by atoms with Gasteiger partial charge < -0.3 is 10.1 Å². The second-order valence-corrected chi connectivity index (χ2v) is 7.81. The van der Waals surface area contributed by atoms with Crippen molar-refractivity contribution < 1.29 is 14.3 Å². The van der Waals surface area contributed by atoms with Crippen molar-refractivity contribution in [2.45, 2.75) is 36.5 Å². The maximum Gasteiger partial charge on any atom is 0.324 e. The summed E-state index contributed by atoms with van der Waals surface area (Å²) in [7, 11) is 0. The fraction of sp³-hybridized carbons (Fsp3) is 0.300. The molecule has 5 heteroatoms. The van der Waals surface area contributed by atoms with Crippen LogP contribution < -0.4 is 5.32 Å². The standard InChI is InChI=1S/C20H23NO3S/c1-20(2,3)21-17(22)14-24-19(23)18(15-10-6-4-7-11-15)25-16-12-8-5-9-13-16/h4-13,18H,14H2,1-3H3,(H,21,22)/t18-/m1/s1. The number of amides is 1. The molecule has 2 aromatic rings. The number of hydrogen-bond acceptors (Lipinski definition) is 4. The summed E-state index contributed by atoms with van der Waals surface area (Å²) in [5.41, 5.74) is 0.485. The third-order valence-corrected chi connectivity index (χ3v) is 4.42. The Kier molecular flexibility index (Phi) is 6.65. The van der Waals surface area contributed by atoms with Gasteiger partial charge in [-0.25, -0.2) is 0 Å². The van der Waals surface area contributed by atoms with Crippen molar-refractivity contribution in [2.75, 3.05) is 6.61 Å². The lowest BCUT2D eigenvalue weighted by atomic mass is 10.1. The van der Waals surface area contributed by atoms with Gasteiger partial charge in [-0.05, 0) is 38.5 Å². The monoisotopic (exact) mass is 357 g/mol. The normalized spacial score (nSPS) is 12.3. The van der Waals surface area contributed by atoms with Gasteiger partial charge in [0.2, 0.25) is 0 Å². The van der Waals surface area contributed by atoms with E-state index in [0.717, 1.165) is 10.5 Å². The van der Waals surface area contributed by atoms with E-state index in [0.29, 0.717) is 0 Å². The Bertz CT molecular complexity index is 696. The fourth-order valence-electron chi connectivity index (χ4n) is 2.18. The molecule has 0 aliphatic heterocycles. The largest absolute Gasteiger partial charge is 0.454 e. The molecule has 0 aromatic heterocycles. The molecule has 0 radical (unpaired) electrons. The number of nitrogens with one attached hydrogen (secondary N) is 1. The molecule has 2 rings (SSSR count). The van der Waals surface area contributed by atoms with Crippen LogP contribution in [0.15, 0.2) is 65.6 Å². The Balaban J connectivity index is 2.07. The predicted octanol–water partition coefficient (Wildman–Crippen LogP) is 3.98. The zero-order chi connectivity index (χ0) is 18.3. The highest BCUT2D eigenvalue weighted by Crippen LogP contribution is 2.36. The molecular weight excluding hydrogens is 334 g/mol. The molecule has 132 valence electrons. The molecule has 0 saturated heterocycles. The van der Waals surface area contributed by atoms with Gasteiger partial charge in [0, 0.05) is 10.4 Å². The van der Waals surface area contributed by atoms with Crippen molar-refractivity contribution in [2.24, 2.45) is 0 Å². The third-order valence-electron chi connectivity index (χ3n) is 3.17. The van der Waals surface area contributed by atoms with E-state index in [1.165, 1.54) is 11.8 Å². The second-order valence-electron chi connectivity index (χ2n) is 6.63. The van der Waals surface area contributed by atoms with E-state index in [-0.39, 0.29) is 18.1 Å². The van der Waals surface area contributed by atoms with Crippen LogP contribution in [-0.4, -0.2) is 24.0 Å². The Morgan fingerprint density at radius 2 is 1.56 bits per heavy atom. The summed E-state index contributed by atoms with van der Waals surface area (Å²) in [6, 6.07) is 19.1. The first-order valence-electron chi connectivity index (χ1n) is 8.09. The number of hydrogen-bond donors (Lipinski definition) is 1. The molecule has 0 aliphatic rings. The van der Waals surface area contributed by atoms with Crippen molar-refractivity contribution in [3.05, 3.63) is 66.2 Å². The topological polar surface area (TPSA) is 55.4 Å². The molecule has 1 atom stereocenters. The molecule has 0 heterocycles. The minimum atomic E-state index is -0.522. The van der Waals surface area contributed by atoms with Crippen molar-refractivity contribution in [1.82, 2.24) is 5.32 Å². The van der Waals surface area contributed by atoms with Crippen LogP contribution in [0.4, 0.5) is 0 Å². The van der Waals surface area contributed by atoms with Gasteiger partial charge >= 0.3 is 5.97 Å². The number of carbonyl (C=O) groups excluding carboxylic acids is 2. The fourth-order valence-corrected chi connectivity index (χ4v) is 3.23. The van der Waals surface area contributed by atoms with E-state index in [4.69, 9.17) is 4.74 Å². The number of carbonyl (C=O) groups is 2. The highest BCUT2D eigenvalue weighted by atomic mass is 32.2. The summed E-state index contributed by atoms with van der Waals surface area (Å²) in [4.78, 5) is 25.4. The minimum Gasteiger partial charge on any atom is -0.454 e. The van der Waals surface area contributed by atoms with Crippen LogP contribution in [0.3, 0.4) is 0 Å². The van der Waals surface area contributed by atoms with Crippen LogP contribution in [0.5, 0.6) is 0 Å². The summed E-state index contributed by atoms with van der Waals surface area (Å²) in [6.45, 7) is 5.36. The average Bonchev–Trinajstić information content (AvgIpc) is 2.58. The Morgan fingerprint density at radius 3 is 2.12 bits per heavy atom. The summed E-state index contributed by atoms with van der Waals surface area (Å²) in [6.07, 6.45) is 0. The number of thioether (sulfide) groups is 1. The molecule has 4 nitrogen and oxygen atoms in total. The maximum atomic E-state index is 12.6. The van der Waals surface area contributed by atoms with Crippen molar-refractivity contribution in [1.29, 1.82) is 0 Å². The first kappa shape index (κ1) is 19.1. The molecule has 2 aromatic carbocycles. The van der Waals surface area contributed by atoms with Gasteiger partial charge in [-0.3, -0.25) is 9.59 Å². The van der Waals surface area contributed by atoms with Crippen LogP contribution in [-0.2, 0) is 14.3 Å². The summed E-state index contributed by atoms with van der Waals surface area (Å²) < 4.78 is 5.27. The molecule has 0 bridgehead atoms. The summed E-state index contributed by atoms with van der Waals surface area (Å²) >= 11 is 1.41. The number of esters is 1. The van der Waals surface area contributed by atoms with Gasteiger partial charge in [-0.15, -0.1) is 11.8 Å². The number of rotatable bonds is 6. The first-order chi connectivity index (χ1) is 11.8. The van der Waals surface area contributed by atoms with Gasteiger partial charge in [0.05, 0.1) is 0 Å². The van der Waals surface area contributed by atoms with Gasteiger partial charge in [0.25, 0.3) is 5.91 Å². The summed E-state index contributed by atoms with van der Waals surface area (Å²) in [5.74, 6) is -0.735. The molecule has 1 amide bonds. The third kappa shape index (κ3) is 6.63. The van der Waals surface area contributed by atoms with E-state index >= 15 is 0 Å². The molecule has 0 saturated carbocycles. The molecule has 0 unspecified atom stereocenters. The molecule has 25 heavy (non-hydrogen) atoms. The van der Waals surface area contributed by atoms with E-state index in [9.17, 15) is 9.59 Å². The van der Waals surface area contributed by atoms with Crippen LogP contribution >= 0.6 is 11.8 Å². The van der Waals surface area contributed by atoms with Crippen molar-refractivity contribution in [3.8, 4) is 0 Å². The van der Waals surface area contributed by atoms with E-state index < -0.39 is 11.2 Å². The number of ether oxygens (including phenoxy) is 1. The highest BCUT2D eigenvalue weighted by Gasteiger charge is 2.25. The van der Waals surface area contributed by atoms with E-state index in [2.05, 4.69) is 5.32 Å². The van der Waals surface area contributed by atoms with Crippen LogP contribution in [0.1, 0.15) is 31.6 Å². The van der Waals surface area contributed by atoms with Gasteiger partial charge in [0.15, 0.2) is 6.61 Å². The predicted molar refractivity (Wildman–Crippen MR) is 100 cm³/mol. The SMILES string of the molecule is CC(C)(C)NC(=O)COC(=O)[C@H](Sc1ccccc1)c1ccccc1. The average molecular weight is 357 g/mol. The quantitative estimate of drug-likeness (QED) is 0.628. The second kappa shape index (κ2) is 8.72. The zero-order valence-electron chi connectivity index (χ0n) is 14.7. The highest BCUT2D eigenvalue weighted by molar-refractivity contribution is 8.00. The molecule has 0 fully saturated rings. The molecule has 0 spiro atoms. The lowest BCUT2D eigenvalue weighted by Gasteiger charge is -2.21.